The van der Waals surface area contributed by atoms with Crippen LogP contribution in [0.1, 0.15) is 19.4 Å². The van der Waals surface area contributed by atoms with Crippen molar-refractivity contribution in [1.82, 2.24) is 4.90 Å². The maximum absolute atomic E-state index is 11.8. The molecule has 0 radical (unpaired) electrons. The number of ether oxygens (including phenoxy) is 1. The zero-order valence-electron chi connectivity index (χ0n) is 10.7. The molecule has 1 aromatic rings. The highest BCUT2D eigenvalue weighted by Crippen LogP contribution is 2.24. The molecule has 4 heteroatoms. The van der Waals surface area contributed by atoms with Crippen LogP contribution in [0.4, 0.5) is 0 Å². The van der Waals surface area contributed by atoms with Crippen LogP contribution < -0.4 is 4.74 Å². The molecule has 0 atom stereocenters. The van der Waals surface area contributed by atoms with Crippen molar-refractivity contribution >= 4 is 17.5 Å². The Kier molecular flexibility index (Phi) is 4.82. The monoisotopic (exact) mass is 255 g/mol. The van der Waals surface area contributed by atoms with Crippen molar-refractivity contribution in [1.29, 1.82) is 0 Å². The predicted molar refractivity (Wildman–Crippen MR) is 69.3 cm³/mol. The molecule has 3 nitrogen and oxygen atoms in total. The van der Waals surface area contributed by atoms with Crippen molar-refractivity contribution in [2.45, 2.75) is 20.4 Å². The number of halogens is 1. The van der Waals surface area contributed by atoms with E-state index in [1.165, 1.54) is 0 Å². The summed E-state index contributed by atoms with van der Waals surface area (Å²) in [5.41, 5.74) is 0.913. The number of carbonyl (C=O) groups is 1. The fourth-order valence-corrected chi connectivity index (χ4v) is 1.84. The number of amides is 1. The van der Waals surface area contributed by atoms with E-state index in [9.17, 15) is 4.79 Å². The van der Waals surface area contributed by atoms with Crippen molar-refractivity contribution in [2.24, 2.45) is 5.92 Å². The smallest absolute Gasteiger partial charge is 0.225 e. The Morgan fingerprint density at radius 1 is 1.47 bits per heavy atom. The average Bonchev–Trinajstić information content (AvgIpc) is 2.28. The Hall–Kier alpha value is -1.22. The van der Waals surface area contributed by atoms with Crippen molar-refractivity contribution in [3.63, 3.8) is 0 Å². The maximum Gasteiger partial charge on any atom is 0.225 e. The van der Waals surface area contributed by atoms with E-state index in [-0.39, 0.29) is 11.8 Å². The van der Waals surface area contributed by atoms with Gasteiger partial charge in [0.2, 0.25) is 5.91 Å². The first-order chi connectivity index (χ1) is 7.95. The van der Waals surface area contributed by atoms with E-state index in [1.54, 1.807) is 25.1 Å². The molecule has 0 spiro atoms. The molecule has 0 N–H and O–H groups in total. The third kappa shape index (κ3) is 3.63. The van der Waals surface area contributed by atoms with E-state index in [4.69, 9.17) is 16.3 Å². The minimum Gasteiger partial charge on any atom is -0.496 e. The Morgan fingerprint density at radius 3 is 2.65 bits per heavy atom. The lowest BCUT2D eigenvalue weighted by Gasteiger charge is -2.20. The zero-order chi connectivity index (χ0) is 13.0. The summed E-state index contributed by atoms with van der Waals surface area (Å²) < 4.78 is 5.24. The van der Waals surface area contributed by atoms with Crippen LogP contribution in [0.3, 0.4) is 0 Å². The second kappa shape index (κ2) is 5.92. The van der Waals surface area contributed by atoms with Crippen LogP contribution in [0.15, 0.2) is 18.2 Å². The number of hydrogen-bond donors (Lipinski definition) is 0. The van der Waals surface area contributed by atoms with Crippen LogP contribution in [0.25, 0.3) is 0 Å². The summed E-state index contributed by atoms with van der Waals surface area (Å²) in [6.07, 6.45) is 0. The fraction of sp³-hybridized carbons (Fsp3) is 0.462. The molecule has 0 aliphatic heterocycles. The minimum absolute atomic E-state index is 0.00909. The topological polar surface area (TPSA) is 29.5 Å². The minimum atomic E-state index is -0.00909. The third-order valence-electron chi connectivity index (χ3n) is 2.52. The average molecular weight is 256 g/mol. The number of rotatable bonds is 4. The molecule has 0 saturated heterocycles. The van der Waals surface area contributed by atoms with Gasteiger partial charge in [-0.15, -0.1) is 0 Å². The maximum atomic E-state index is 11.8. The molecule has 0 saturated carbocycles. The van der Waals surface area contributed by atoms with Gasteiger partial charge >= 0.3 is 0 Å². The van der Waals surface area contributed by atoms with Gasteiger partial charge in [0.05, 0.1) is 7.11 Å². The van der Waals surface area contributed by atoms with Gasteiger partial charge in [-0.25, -0.2) is 0 Å². The molecule has 0 unspecified atom stereocenters. The molecule has 1 rings (SSSR count). The Bertz CT molecular complexity index is 404. The molecule has 0 aliphatic carbocycles. The van der Waals surface area contributed by atoms with E-state index >= 15 is 0 Å². The normalized spacial score (nSPS) is 10.5. The second-order valence-electron chi connectivity index (χ2n) is 4.31. The SMILES string of the molecule is COc1ccc(Cl)cc1CN(C)C(=O)C(C)C. The van der Waals surface area contributed by atoms with Gasteiger partial charge in [0.1, 0.15) is 5.75 Å². The van der Waals surface area contributed by atoms with Gasteiger partial charge in [0, 0.05) is 30.1 Å². The zero-order valence-corrected chi connectivity index (χ0v) is 11.4. The second-order valence-corrected chi connectivity index (χ2v) is 4.74. The quantitative estimate of drug-likeness (QED) is 0.828. The summed E-state index contributed by atoms with van der Waals surface area (Å²) in [6, 6.07) is 5.41. The summed E-state index contributed by atoms with van der Waals surface area (Å²) in [5, 5.41) is 0.645. The first-order valence-corrected chi connectivity index (χ1v) is 5.91. The van der Waals surface area contributed by atoms with Crippen molar-refractivity contribution in [3.8, 4) is 5.75 Å². The van der Waals surface area contributed by atoms with Crippen LogP contribution in [0.2, 0.25) is 5.02 Å². The lowest BCUT2D eigenvalue weighted by Crippen LogP contribution is -2.30. The van der Waals surface area contributed by atoms with Gasteiger partial charge in [-0.2, -0.15) is 0 Å². The molecular formula is C13H18ClNO2. The number of nitrogens with zero attached hydrogens (tertiary/aromatic N) is 1. The van der Waals surface area contributed by atoms with Gasteiger partial charge in [-0.05, 0) is 18.2 Å². The van der Waals surface area contributed by atoms with Crippen LogP contribution in [0, 0.1) is 5.92 Å². The molecule has 17 heavy (non-hydrogen) atoms. The van der Waals surface area contributed by atoms with E-state index in [0.29, 0.717) is 11.6 Å². The highest BCUT2D eigenvalue weighted by molar-refractivity contribution is 6.30. The molecule has 0 fully saturated rings. The highest BCUT2D eigenvalue weighted by Gasteiger charge is 2.15. The van der Waals surface area contributed by atoms with Crippen LogP contribution in [-0.4, -0.2) is 25.0 Å². The number of carbonyl (C=O) groups excluding carboxylic acids is 1. The molecule has 0 bridgehead atoms. The number of hydrogen-bond acceptors (Lipinski definition) is 2. The lowest BCUT2D eigenvalue weighted by atomic mass is 10.1. The summed E-state index contributed by atoms with van der Waals surface area (Å²) in [7, 11) is 3.39. The Morgan fingerprint density at radius 2 is 2.12 bits per heavy atom. The van der Waals surface area contributed by atoms with Crippen molar-refractivity contribution in [3.05, 3.63) is 28.8 Å². The van der Waals surface area contributed by atoms with E-state index in [1.807, 2.05) is 26.0 Å². The summed E-state index contributed by atoms with van der Waals surface area (Å²) in [4.78, 5) is 13.5. The lowest BCUT2D eigenvalue weighted by molar-refractivity contribution is -0.133. The molecule has 1 amide bonds. The van der Waals surface area contributed by atoms with Crippen LogP contribution in [-0.2, 0) is 11.3 Å². The van der Waals surface area contributed by atoms with Crippen LogP contribution in [0.5, 0.6) is 5.75 Å². The molecule has 0 aliphatic rings. The van der Waals surface area contributed by atoms with Gasteiger partial charge in [0.25, 0.3) is 0 Å². The highest BCUT2D eigenvalue weighted by atomic mass is 35.5. The number of methoxy groups -OCH3 is 1. The van der Waals surface area contributed by atoms with Gasteiger partial charge < -0.3 is 9.64 Å². The first kappa shape index (κ1) is 13.8. The standard InChI is InChI=1S/C13H18ClNO2/c1-9(2)13(16)15(3)8-10-7-11(14)5-6-12(10)17-4/h5-7,9H,8H2,1-4H3. The molecule has 94 valence electrons. The molecule has 0 heterocycles. The molecule has 0 aromatic heterocycles. The summed E-state index contributed by atoms with van der Waals surface area (Å²) >= 11 is 5.94. The largest absolute Gasteiger partial charge is 0.496 e. The fourth-order valence-electron chi connectivity index (χ4n) is 1.64. The molecular weight excluding hydrogens is 238 g/mol. The van der Waals surface area contributed by atoms with E-state index in [0.717, 1.165) is 11.3 Å². The van der Waals surface area contributed by atoms with Gasteiger partial charge in [-0.1, -0.05) is 25.4 Å². The Balaban J connectivity index is 2.87. The third-order valence-corrected chi connectivity index (χ3v) is 2.76. The van der Waals surface area contributed by atoms with E-state index in [2.05, 4.69) is 0 Å². The Labute approximate surface area is 107 Å². The number of benzene rings is 1. The van der Waals surface area contributed by atoms with Gasteiger partial charge in [0.15, 0.2) is 0 Å². The summed E-state index contributed by atoms with van der Waals surface area (Å²) in [6.45, 7) is 4.27. The van der Waals surface area contributed by atoms with Gasteiger partial charge in [-0.3, -0.25) is 4.79 Å². The summed E-state index contributed by atoms with van der Waals surface area (Å²) in [5.74, 6) is 0.843. The van der Waals surface area contributed by atoms with Crippen LogP contribution >= 0.6 is 11.6 Å². The first-order valence-electron chi connectivity index (χ1n) is 5.53. The van der Waals surface area contributed by atoms with E-state index < -0.39 is 0 Å². The molecule has 1 aromatic carbocycles. The predicted octanol–water partition coefficient (Wildman–Crippen LogP) is 2.96. The van der Waals surface area contributed by atoms with Crippen molar-refractivity contribution in [2.75, 3.05) is 14.2 Å². The van der Waals surface area contributed by atoms with Crippen molar-refractivity contribution < 1.29 is 9.53 Å².